The Bertz CT molecular complexity index is 349. The molecule has 0 saturated carbocycles. The van der Waals surface area contributed by atoms with Crippen molar-refractivity contribution < 1.29 is 0 Å². The Kier molecular flexibility index (Phi) is 1.33. The van der Waals surface area contributed by atoms with Crippen LogP contribution in [-0.4, -0.2) is 9.97 Å². The summed E-state index contributed by atoms with van der Waals surface area (Å²) in [5.74, 6) is 0. The third-order valence-electron chi connectivity index (χ3n) is 1.18. The summed E-state index contributed by atoms with van der Waals surface area (Å²) < 4.78 is 0. The second-order valence-corrected chi connectivity index (χ2v) is 1.95. The van der Waals surface area contributed by atoms with E-state index in [1.54, 1.807) is 6.92 Å². The molecule has 1 rings (SSSR count). The molecule has 1 heterocycles. The summed E-state index contributed by atoms with van der Waals surface area (Å²) in [5, 5.41) is 0. The van der Waals surface area contributed by atoms with E-state index in [0.29, 0.717) is 5.69 Å². The maximum atomic E-state index is 10.7. The van der Waals surface area contributed by atoms with Gasteiger partial charge in [-0.05, 0) is 6.92 Å². The van der Waals surface area contributed by atoms with Crippen LogP contribution in [0.2, 0.25) is 0 Å². The topological polar surface area (TPSA) is 91.7 Å². The van der Waals surface area contributed by atoms with E-state index < -0.39 is 11.2 Å². The Labute approximate surface area is 55.9 Å². The summed E-state index contributed by atoms with van der Waals surface area (Å²) in [6.07, 6.45) is 0. The van der Waals surface area contributed by atoms with Gasteiger partial charge in [-0.2, -0.15) is 0 Å². The molecule has 0 atom stereocenters. The smallest absolute Gasteiger partial charge is 0.326 e. The first-order valence-electron chi connectivity index (χ1n) is 2.70. The van der Waals surface area contributed by atoms with Crippen molar-refractivity contribution in [3.05, 3.63) is 26.5 Å². The zero-order valence-electron chi connectivity index (χ0n) is 5.39. The minimum atomic E-state index is -0.541. The highest BCUT2D eigenvalue weighted by molar-refractivity contribution is 5.38. The van der Waals surface area contributed by atoms with Crippen LogP contribution in [0.15, 0.2) is 9.59 Å². The number of aromatic nitrogens is 2. The van der Waals surface area contributed by atoms with Gasteiger partial charge in [0.05, 0.1) is 0 Å². The average molecular weight is 141 g/mol. The maximum absolute atomic E-state index is 10.7. The van der Waals surface area contributed by atoms with E-state index in [-0.39, 0.29) is 5.69 Å². The van der Waals surface area contributed by atoms with Gasteiger partial charge in [-0.3, -0.25) is 9.78 Å². The van der Waals surface area contributed by atoms with Crippen LogP contribution in [0.25, 0.3) is 0 Å². The molecule has 0 aromatic carbocycles. The summed E-state index contributed by atoms with van der Waals surface area (Å²) >= 11 is 0. The fraction of sp³-hybridized carbons (Fsp3) is 0.200. The van der Waals surface area contributed by atoms with Gasteiger partial charge in [0.1, 0.15) is 5.69 Å². The molecule has 0 amide bonds. The summed E-state index contributed by atoms with van der Waals surface area (Å²) in [6.45, 7) is 1.56. The monoisotopic (exact) mass is 141 g/mol. The van der Waals surface area contributed by atoms with Crippen molar-refractivity contribution in [2.24, 2.45) is 0 Å². The Hall–Kier alpha value is -1.52. The molecule has 0 fully saturated rings. The number of nitrogens with one attached hydrogen (secondary N) is 2. The fourth-order valence-electron chi connectivity index (χ4n) is 0.610. The highest BCUT2D eigenvalue weighted by Gasteiger charge is 1.97. The fourth-order valence-corrected chi connectivity index (χ4v) is 0.610. The zero-order valence-corrected chi connectivity index (χ0v) is 5.39. The third kappa shape index (κ3) is 0.928. The number of anilines is 1. The van der Waals surface area contributed by atoms with Crippen LogP contribution in [0.5, 0.6) is 0 Å². The van der Waals surface area contributed by atoms with Crippen molar-refractivity contribution in [3.8, 4) is 0 Å². The van der Waals surface area contributed by atoms with Crippen LogP contribution in [0.4, 0.5) is 5.69 Å². The van der Waals surface area contributed by atoms with Gasteiger partial charge in [0.15, 0.2) is 0 Å². The molecule has 1 aromatic rings. The lowest BCUT2D eigenvalue weighted by molar-refractivity contribution is 1.00. The van der Waals surface area contributed by atoms with E-state index in [4.69, 9.17) is 5.73 Å². The number of aryl methyl sites for hydroxylation is 1. The lowest BCUT2D eigenvalue weighted by atomic mass is 10.4. The maximum Gasteiger partial charge on any atom is 0.326 e. The second kappa shape index (κ2) is 2.02. The number of nitrogen functional groups attached to an aromatic ring is 1. The van der Waals surface area contributed by atoms with Gasteiger partial charge in [0, 0.05) is 5.69 Å². The van der Waals surface area contributed by atoms with Gasteiger partial charge >= 0.3 is 5.69 Å². The van der Waals surface area contributed by atoms with E-state index in [1.165, 1.54) is 0 Å². The normalized spacial score (nSPS) is 9.70. The molecule has 0 unspecified atom stereocenters. The van der Waals surface area contributed by atoms with Crippen LogP contribution in [0.3, 0.4) is 0 Å². The van der Waals surface area contributed by atoms with Crippen molar-refractivity contribution >= 4 is 5.69 Å². The minimum absolute atomic E-state index is 0.0552. The largest absolute Gasteiger partial charge is 0.393 e. The Morgan fingerprint density at radius 2 is 1.90 bits per heavy atom. The Balaban J connectivity index is 3.62. The molecule has 5 heteroatoms. The van der Waals surface area contributed by atoms with Crippen molar-refractivity contribution in [2.45, 2.75) is 6.92 Å². The van der Waals surface area contributed by atoms with E-state index in [9.17, 15) is 9.59 Å². The molecule has 0 aliphatic heterocycles. The van der Waals surface area contributed by atoms with E-state index in [0.717, 1.165) is 0 Å². The first kappa shape index (κ1) is 6.60. The van der Waals surface area contributed by atoms with Gasteiger partial charge in [0.2, 0.25) is 0 Å². The van der Waals surface area contributed by atoms with Crippen LogP contribution >= 0.6 is 0 Å². The SMILES string of the molecule is Cc1[nH]c(=O)[nH]c(=O)c1N. The molecule has 0 bridgehead atoms. The number of H-pyrrole nitrogens is 2. The summed E-state index contributed by atoms with van der Waals surface area (Å²) in [4.78, 5) is 25.5. The first-order valence-corrected chi connectivity index (χ1v) is 2.70. The molecule has 4 N–H and O–H groups in total. The Morgan fingerprint density at radius 3 is 2.40 bits per heavy atom. The van der Waals surface area contributed by atoms with E-state index in [2.05, 4.69) is 4.98 Å². The number of rotatable bonds is 0. The van der Waals surface area contributed by atoms with Crippen LogP contribution in [-0.2, 0) is 0 Å². The number of nitrogens with two attached hydrogens (primary N) is 1. The highest BCUT2D eigenvalue weighted by Crippen LogP contribution is 1.92. The second-order valence-electron chi connectivity index (χ2n) is 1.95. The van der Waals surface area contributed by atoms with E-state index >= 15 is 0 Å². The van der Waals surface area contributed by atoms with Gasteiger partial charge in [-0.1, -0.05) is 0 Å². The Morgan fingerprint density at radius 1 is 1.30 bits per heavy atom. The molecule has 0 saturated heterocycles. The molecular weight excluding hydrogens is 134 g/mol. The standard InChI is InChI=1S/C5H7N3O2/c1-2-3(6)4(9)8-5(10)7-2/h6H2,1H3,(H2,7,8,9,10). The molecule has 0 aliphatic rings. The molecular formula is C5H7N3O2. The molecule has 0 aliphatic carbocycles. The molecule has 5 nitrogen and oxygen atoms in total. The lowest BCUT2D eigenvalue weighted by Crippen LogP contribution is -2.25. The van der Waals surface area contributed by atoms with Crippen LogP contribution in [0.1, 0.15) is 5.69 Å². The highest BCUT2D eigenvalue weighted by atomic mass is 16.2. The summed E-state index contributed by atoms with van der Waals surface area (Å²) in [6, 6.07) is 0. The van der Waals surface area contributed by atoms with Gasteiger partial charge in [0.25, 0.3) is 5.56 Å². The molecule has 10 heavy (non-hydrogen) atoms. The van der Waals surface area contributed by atoms with Gasteiger partial charge < -0.3 is 10.7 Å². The zero-order chi connectivity index (χ0) is 7.72. The molecule has 0 spiro atoms. The van der Waals surface area contributed by atoms with Crippen LogP contribution in [0, 0.1) is 6.92 Å². The first-order chi connectivity index (χ1) is 4.61. The number of hydrogen-bond acceptors (Lipinski definition) is 3. The minimum Gasteiger partial charge on any atom is -0.393 e. The lowest BCUT2D eigenvalue weighted by Gasteiger charge is -1.93. The average Bonchev–Trinajstić information content (AvgIpc) is 1.82. The van der Waals surface area contributed by atoms with Crippen molar-refractivity contribution in [1.82, 2.24) is 9.97 Å². The predicted octanol–water partition coefficient (Wildman–Crippen LogP) is -1.05. The van der Waals surface area contributed by atoms with Crippen molar-refractivity contribution in [2.75, 3.05) is 5.73 Å². The van der Waals surface area contributed by atoms with Gasteiger partial charge in [-0.25, -0.2) is 4.79 Å². The summed E-state index contributed by atoms with van der Waals surface area (Å²) in [7, 11) is 0. The third-order valence-corrected chi connectivity index (χ3v) is 1.18. The quantitative estimate of drug-likeness (QED) is 0.430. The van der Waals surface area contributed by atoms with Crippen molar-refractivity contribution in [1.29, 1.82) is 0 Å². The number of hydrogen-bond donors (Lipinski definition) is 3. The molecule has 1 aromatic heterocycles. The summed E-state index contributed by atoms with van der Waals surface area (Å²) in [5.41, 5.74) is 4.62. The number of aromatic amines is 2. The molecule has 54 valence electrons. The van der Waals surface area contributed by atoms with Crippen LogP contribution < -0.4 is 17.0 Å². The van der Waals surface area contributed by atoms with Crippen molar-refractivity contribution in [3.63, 3.8) is 0 Å². The molecule has 0 radical (unpaired) electrons. The predicted molar refractivity (Wildman–Crippen MR) is 36.8 cm³/mol. The van der Waals surface area contributed by atoms with Gasteiger partial charge in [-0.15, -0.1) is 0 Å². The van der Waals surface area contributed by atoms with E-state index in [1.807, 2.05) is 4.98 Å².